The van der Waals surface area contributed by atoms with Crippen LogP contribution >= 0.6 is 11.8 Å². The first kappa shape index (κ1) is 18.2. The summed E-state index contributed by atoms with van der Waals surface area (Å²) in [5, 5.41) is 18.3. The number of nitrogens with zero attached hydrogens (tertiary/aromatic N) is 4. The van der Waals surface area contributed by atoms with Crippen molar-refractivity contribution in [3.05, 3.63) is 28.6 Å². The molecule has 3 heterocycles. The molecule has 0 spiro atoms. The zero-order chi connectivity index (χ0) is 19.2. The number of rotatable bonds is 5. The summed E-state index contributed by atoms with van der Waals surface area (Å²) in [6.07, 6.45) is 2.83. The topological polar surface area (TPSA) is 115 Å². The van der Waals surface area contributed by atoms with Gasteiger partial charge < -0.3 is 9.84 Å². The zero-order valence-corrected chi connectivity index (χ0v) is 15.5. The molecule has 0 bridgehead atoms. The molecule has 138 valence electrons. The van der Waals surface area contributed by atoms with Gasteiger partial charge in [-0.25, -0.2) is 9.48 Å². The molecule has 10 heteroatoms. The quantitative estimate of drug-likeness (QED) is 0.462. The van der Waals surface area contributed by atoms with Crippen LogP contribution in [0.15, 0.2) is 22.9 Å². The predicted molar refractivity (Wildman–Crippen MR) is 92.5 cm³/mol. The number of carbonyl (C=O) groups is 3. The lowest BCUT2D eigenvalue weighted by Crippen LogP contribution is -2.51. The lowest BCUT2D eigenvalue weighted by Gasteiger charge is -2.36. The molecule has 2 aliphatic heterocycles. The van der Waals surface area contributed by atoms with Crippen molar-refractivity contribution in [2.45, 2.75) is 44.7 Å². The van der Waals surface area contributed by atoms with Crippen molar-refractivity contribution in [3.8, 4) is 0 Å². The van der Waals surface area contributed by atoms with Gasteiger partial charge in [-0.15, -0.1) is 16.9 Å². The first-order valence-electron chi connectivity index (χ1n) is 7.87. The minimum Gasteiger partial charge on any atom is -0.477 e. The van der Waals surface area contributed by atoms with E-state index >= 15 is 0 Å². The monoisotopic (exact) mass is 378 g/mol. The standard InChI is InChI=1S/C16H18N4O5S/c1-8(25-9(2)21)16(3,4)19-6-10(17-18-19)5-11-13(22)20-12(15(23)24)7-26-14(11)20/h5-8,14H,1-4H3,(H,23,24)/t8?,14-/m1/s1. The minimum atomic E-state index is -1.13. The van der Waals surface area contributed by atoms with Gasteiger partial charge in [0.05, 0.1) is 17.3 Å². The van der Waals surface area contributed by atoms with E-state index in [2.05, 4.69) is 10.3 Å². The summed E-state index contributed by atoms with van der Waals surface area (Å²) in [6.45, 7) is 6.83. The van der Waals surface area contributed by atoms with Crippen LogP contribution in [0.5, 0.6) is 0 Å². The third kappa shape index (κ3) is 2.90. The lowest BCUT2D eigenvalue weighted by atomic mass is 9.99. The number of carbonyl (C=O) groups excluding carboxylic acids is 2. The van der Waals surface area contributed by atoms with E-state index in [-0.39, 0.29) is 22.9 Å². The molecule has 0 aromatic carbocycles. The van der Waals surface area contributed by atoms with Crippen molar-refractivity contribution in [2.75, 3.05) is 0 Å². The number of hydrogen-bond acceptors (Lipinski definition) is 7. The molecule has 1 N–H and O–H groups in total. The molecule has 0 aliphatic carbocycles. The van der Waals surface area contributed by atoms with Crippen molar-refractivity contribution in [3.63, 3.8) is 0 Å². The molecule has 1 fully saturated rings. The number of ether oxygens (including phenoxy) is 1. The molecule has 1 unspecified atom stereocenters. The molecule has 2 atom stereocenters. The molecule has 1 saturated heterocycles. The van der Waals surface area contributed by atoms with E-state index in [4.69, 9.17) is 9.84 Å². The number of aromatic nitrogens is 3. The van der Waals surface area contributed by atoms with Crippen molar-refractivity contribution in [1.82, 2.24) is 19.9 Å². The summed E-state index contributed by atoms with van der Waals surface area (Å²) in [6, 6.07) is 0. The average molecular weight is 378 g/mol. The van der Waals surface area contributed by atoms with Gasteiger partial charge in [-0.1, -0.05) is 5.21 Å². The van der Waals surface area contributed by atoms with Crippen LogP contribution in [0.25, 0.3) is 6.08 Å². The highest BCUT2D eigenvalue weighted by Gasteiger charge is 2.49. The van der Waals surface area contributed by atoms with Crippen LogP contribution in [0, 0.1) is 0 Å². The van der Waals surface area contributed by atoms with E-state index in [1.54, 1.807) is 23.9 Å². The lowest BCUT2D eigenvalue weighted by molar-refractivity contribution is -0.150. The summed E-state index contributed by atoms with van der Waals surface area (Å²) in [5.74, 6) is -1.86. The zero-order valence-electron chi connectivity index (χ0n) is 14.7. The van der Waals surface area contributed by atoms with Crippen LogP contribution in [-0.4, -0.2) is 54.3 Å². The second-order valence-corrected chi connectivity index (χ2v) is 7.52. The number of β-lactam (4-membered cyclic amide) rings is 1. The van der Waals surface area contributed by atoms with Gasteiger partial charge in [-0.05, 0) is 26.8 Å². The summed E-state index contributed by atoms with van der Waals surface area (Å²) < 4.78 is 6.81. The molecular weight excluding hydrogens is 360 g/mol. The fraction of sp³-hybridized carbons (Fsp3) is 0.438. The van der Waals surface area contributed by atoms with Crippen LogP contribution in [0.3, 0.4) is 0 Å². The molecule has 2 aliphatic rings. The highest BCUT2D eigenvalue weighted by molar-refractivity contribution is 8.03. The first-order chi connectivity index (χ1) is 12.1. The number of fused-ring (bicyclic) bond motifs is 1. The van der Waals surface area contributed by atoms with Crippen LogP contribution in [0.2, 0.25) is 0 Å². The Morgan fingerprint density at radius 1 is 1.46 bits per heavy atom. The smallest absolute Gasteiger partial charge is 0.353 e. The molecule has 1 aromatic heterocycles. The number of carboxylic acids is 1. The van der Waals surface area contributed by atoms with E-state index in [1.165, 1.54) is 29.0 Å². The van der Waals surface area contributed by atoms with Gasteiger partial charge >= 0.3 is 11.9 Å². The Hall–Kier alpha value is -2.62. The molecule has 1 amide bonds. The number of esters is 1. The number of thioether (sulfide) groups is 1. The highest BCUT2D eigenvalue weighted by atomic mass is 32.2. The first-order valence-corrected chi connectivity index (χ1v) is 8.81. The fourth-order valence-electron chi connectivity index (χ4n) is 2.63. The second kappa shape index (κ2) is 6.27. The molecule has 0 saturated carbocycles. The second-order valence-electron chi connectivity index (χ2n) is 6.56. The molecular formula is C16H18N4O5S. The molecule has 26 heavy (non-hydrogen) atoms. The van der Waals surface area contributed by atoms with E-state index in [9.17, 15) is 14.4 Å². The summed E-state index contributed by atoms with van der Waals surface area (Å²) in [7, 11) is 0. The van der Waals surface area contributed by atoms with Gasteiger partial charge in [0.2, 0.25) is 0 Å². The fourth-order valence-corrected chi connectivity index (χ4v) is 3.75. The third-order valence-electron chi connectivity index (χ3n) is 4.50. The molecule has 0 radical (unpaired) electrons. The van der Waals surface area contributed by atoms with Crippen molar-refractivity contribution >= 4 is 35.7 Å². The van der Waals surface area contributed by atoms with E-state index in [1.807, 2.05) is 13.8 Å². The number of amides is 1. The Morgan fingerprint density at radius 3 is 2.77 bits per heavy atom. The Balaban J connectivity index is 1.78. The Morgan fingerprint density at radius 2 is 2.15 bits per heavy atom. The largest absolute Gasteiger partial charge is 0.477 e. The van der Waals surface area contributed by atoms with Gasteiger partial charge in [-0.2, -0.15) is 0 Å². The SMILES string of the molecule is CC(=O)OC(C)C(C)(C)n1cc(C=C2C(=O)N3C(C(=O)O)=CS[C@H]23)nn1. The van der Waals surface area contributed by atoms with Gasteiger partial charge in [0.15, 0.2) is 0 Å². The maximum atomic E-state index is 12.2. The Labute approximate surface area is 153 Å². The van der Waals surface area contributed by atoms with E-state index < -0.39 is 17.6 Å². The third-order valence-corrected chi connectivity index (χ3v) is 5.58. The number of hydrogen-bond donors (Lipinski definition) is 1. The summed E-state index contributed by atoms with van der Waals surface area (Å²) in [4.78, 5) is 35.7. The van der Waals surface area contributed by atoms with Crippen LogP contribution in [0.1, 0.15) is 33.4 Å². The number of aliphatic carboxylic acids is 1. The summed E-state index contributed by atoms with van der Waals surface area (Å²) in [5.41, 5.74) is 0.300. The van der Waals surface area contributed by atoms with Crippen LogP contribution in [-0.2, 0) is 24.7 Å². The van der Waals surface area contributed by atoms with Crippen LogP contribution < -0.4 is 0 Å². The Bertz CT molecular complexity index is 857. The normalized spacial score (nSPS) is 21.9. The highest BCUT2D eigenvalue weighted by Crippen LogP contribution is 2.44. The van der Waals surface area contributed by atoms with Crippen LogP contribution in [0.4, 0.5) is 0 Å². The molecule has 3 rings (SSSR count). The number of carboxylic acid groups (broad SMARTS) is 1. The summed E-state index contributed by atoms with van der Waals surface area (Å²) >= 11 is 1.27. The maximum Gasteiger partial charge on any atom is 0.353 e. The molecule has 1 aromatic rings. The Kier molecular flexibility index (Phi) is 4.39. The van der Waals surface area contributed by atoms with Gasteiger partial charge in [-0.3, -0.25) is 14.5 Å². The average Bonchev–Trinajstić information content (AvgIpc) is 3.17. The van der Waals surface area contributed by atoms with Gasteiger partial charge in [0.25, 0.3) is 5.91 Å². The van der Waals surface area contributed by atoms with Gasteiger partial charge in [0, 0.05) is 12.3 Å². The van der Waals surface area contributed by atoms with Gasteiger partial charge in [0.1, 0.15) is 22.9 Å². The molecule has 9 nitrogen and oxygen atoms in total. The van der Waals surface area contributed by atoms with Crippen molar-refractivity contribution in [2.24, 2.45) is 0 Å². The van der Waals surface area contributed by atoms with E-state index in [0.717, 1.165) is 0 Å². The minimum absolute atomic E-state index is 0.0119. The predicted octanol–water partition coefficient (Wildman–Crippen LogP) is 1.19. The maximum absolute atomic E-state index is 12.2. The van der Waals surface area contributed by atoms with E-state index in [0.29, 0.717) is 11.3 Å². The van der Waals surface area contributed by atoms with Crippen molar-refractivity contribution < 1.29 is 24.2 Å². The van der Waals surface area contributed by atoms with Crippen molar-refractivity contribution in [1.29, 1.82) is 0 Å².